The van der Waals surface area contributed by atoms with E-state index < -0.39 is 12.1 Å². The third-order valence-corrected chi connectivity index (χ3v) is 7.86. The number of benzene rings is 2. The highest BCUT2D eigenvalue weighted by Crippen LogP contribution is 2.24. The molecule has 0 saturated carbocycles. The Bertz CT molecular complexity index is 1630. The van der Waals surface area contributed by atoms with Gasteiger partial charge in [-0.1, -0.05) is 56.3 Å². The van der Waals surface area contributed by atoms with Crippen LogP contribution in [0, 0.1) is 12.8 Å². The van der Waals surface area contributed by atoms with Crippen molar-refractivity contribution in [2.45, 2.75) is 58.7 Å². The number of hydrogen-bond acceptors (Lipinski definition) is 7. The zero-order valence-corrected chi connectivity index (χ0v) is 26.1. The summed E-state index contributed by atoms with van der Waals surface area (Å²) in [5.74, 6) is 1.07. The number of aromatic amines is 1. The van der Waals surface area contributed by atoms with Crippen LogP contribution in [0.1, 0.15) is 60.4 Å². The van der Waals surface area contributed by atoms with E-state index in [1.54, 1.807) is 29.7 Å². The van der Waals surface area contributed by atoms with Crippen molar-refractivity contribution >= 4 is 17.7 Å². The molecule has 0 aliphatic carbocycles. The van der Waals surface area contributed by atoms with Crippen LogP contribution in [0.15, 0.2) is 60.7 Å². The van der Waals surface area contributed by atoms with Crippen LogP contribution in [-0.4, -0.2) is 73.8 Å². The SMILES string of the molecule is COc1cccc(-c2cc(C(=O)N3CCCC(=O)N[C@@H](Cc4ccccc4)C(=O)N[C@H](C(C)C)c4nc(C)nn4CC3)[nH]n2)c1. The second kappa shape index (κ2) is 14.2. The summed E-state index contributed by atoms with van der Waals surface area (Å²) < 4.78 is 7.10. The van der Waals surface area contributed by atoms with Gasteiger partial charge in [0.25, 0.3) is 5.91 Å². The average molecular weight is 613 g/mol. The Labute approximate surface area is 262 Å². The number of rotatable bonds is 6. The van der Waals surface area contributed by atoms with Crippen molar-refractivity contribution < 1.29 is 19.1 Å². The summed E-state index contributed by atoms with van der Waals surface area (Å²) >= 11 is 0. The van der Waals surface area contributed by atoms with E-state index in [1.165, 1.54) is 0 Å². The van der Waals surface area contributed by atoms with Gasteiger partial charge in [-0.25, -0.2) is 9.67 Å². The topological polar surface area (TPSA) is 147 Å². The molecule has 236 valence electrons. The number of ether oxygens (including phenoxy) is 1. The lowest BCUT2D eigenvalue weighted by Gasteiger charge is -2.28. The second-order valence-electron chi connectivity index (χ2n) is 11.6. The zero-order valence-electron chi connectivity index (χ0n) is 26.1. The maximum Gasteiger partial charge on any atom is 0.271 e. The Balaban J connectivity index is 1.42. The van der Waals surface area contributed by atoms with Gasteiger partial charge in [-0.15, -0.1) is 0 Å². The van der Waals surface area contributed by atoms with Crippen molar-refractivity contribution in [3.63, 3.8) is 0 Å². The van der Waals surface area contributed by atoms with Crippen LogP contribution in [-0.2, 0) is 22.6 Å². The number of carbonyl (C=O) groups excluding carboxylic acids is 3. The van der Waals surface area contributed by atoms with E-state index in [-0.39, 0.29) is 30.1 Å². The Kier molecular flexibility index (Phi) is 9.91. The number of H-pyrrole nitrogens is 1. The lowest BCUT2D eigenvalue weighted by Crippen LogP contribution is -2.50. The van der Waals surface area contributed by atoms with Gasteiger partial charge in [-0.05, 0) is 43.0 Å². The number of nitrogens with one attached hydrogen (secondary N) is 3. The largest absolute Gasteiger partial charge is 0.497 e. The number of hydrogen-bond donors (Lipinski definition) is 3. The molecular weight excluding hydrogens is 572 g/mol. The summed E-state index contributed by atoms with van der Waals surface area (Å²) in [5.41, 5.74) is 2.71. The quantitative estimate of drug-likeness (QED) is 0.302. The Morgan fingerprint density at radius 3 is 2.58 bits per heavy atom. The second-order valence-corrected chi connectivity index (χ2v) is 11.6. The van der Waals surface area contributed by atoms with Crippen molar-refractivity contribution in [2.24, 2.45) is 5.92 Å². The third-order valence-electron chi connectivity index (χ3n) is 7.86. The van der Waals surface area contributed by atoms with E-state index in [0.29, 0.717) is 61.3 Å². The van der Waals surface area contributed by atoms with Crippen molar-refractivity contribution in [1.82, 2.24) is 40.5 Å². The van der Waals surface area contributed by atoms with Gasteiger partial charge in [0, 0.05) is 31.5 Å². The van der Waals surface area contributed by atoms with Gasteiger partial charge in [-0.2, -0.15) is 10.2 Å². The molecule has 2 atom stereocenters. The predicted molar refractivity (Wildman–Crippen MR) is 168 cm³/mol. The zero-order chi connectivity index (χ0) is 31.9. The summed E-state index contributed by atoms with van der Waals surface area (Å²) in [6.07, 6.45) is 0.905. The summed E-state index contributed by atoms with van der Waals surface area (Å²) in [6, 6.07) is 17.5. The molecule has 0 spiro atoms. The van der Waals surface area contributed by atoms with Gasteiger partial charge in [0.1, 0.15) is 29.1 Å². The molecule has 0 radical (unpaired) electrons. The fraction of sp³-hybridized carbons (Fsp3) is 0.394. The van der Waals surface area contributed by atoms with E-state index in [9.17, 15) is 14.4 Å². The van der Waals surface area contributed by atoms with E-state index in [0.717, 1.165) is 11.1 Å². The fourth-order valence-electron chi connectivity index (χ4n) is 5.47. The van der Waals surface area contributed by atoms with Gasteiger partial charge in [0.2, 0.25) is 11.8 Å². The van der Waals surface area contributed by atoms with Gasteiger partial charge in [0.15, 0.2) is 0 Å². The normalized spacial score (nSPS) is 18.1. The molecule has 1 aliphatic heterocycles. The van der Waals surface area contributed by atoms with Crippen molar-refractivity contribution in [3.05, 3.63) is 83.6 Å². The van der Waals surface area contributed by atoms with Gasteiger partial charge < -0.3 is 20.3 Å². The lowest BCUT2D eigenvalue weighted by molar-refractivity contribution is -0.129. The Hall–Kier alpha value is -5.00. The van der Waals surface area contributed by atoms with E-state index in [4.69, 9.17) is 4.74 Å². The van der Waals surface area contributed by atoms with Crippen LogP contribution in [0.2, 0.25) is 0 Å². The molecule has 12 heteroatoms. The maximum absolute atomic E-state index is 13.8. The molecule has 2 aromatic heterocycles. The third kappa shape index (κ3) is 7.75. The first-order chi connectivity index (χ1) is 21.7. The molecule has 45 heavy (non-hydrogen) atoms. The minimum absolute atomic E-state index is 0.0185. The Morgan fingerprint density at radius 2 is 1.82 bits per heavy atom. The van der Waals surface area contributed by atoms with E-state index in [1.807, 2.05) is 68.4 Å². The maximum atomic E-state index is 13.8. The molecular formula is C33H40N8O4. The first-order valence-electron chi connectivity index (χ1n) is 15.3. The molecule has 0 bridgehead atoms. The number of aryl methyl sites for hydroxylation is 1. The van der Waals surface area contributed by atoms with Gasteiger partial charge >= 0.3 is 0 Å². The predicted octanol–water partition coefficient (Wildman–Crippen LogP) is 3.46. The molecule has 12 nitrogen and oxygen atoms in total. The summed E-state index contributed by atoms with van der Waals surface area (Å²) in [5, 5.41) is 18.0. The van der Waals surface area contributed by atoms with Crippen LogP contribution in [0.3, 0.4) is 0 Å². The number of methoxy groups -OCH3 is 1. The fourth-order valence-corrected chi connectivity index (χ4v) is 5.47. The van der Waals surface area contributed by atoms with Crippen LogP contribution < -0.4 is 15.4 Å². The molecule has 3 heterocycles. The van der Waals surface area contributed by atoms with Crippen LogP contribution in [0.25, 0.3) is 11.3 Å². The minimum Gasteiger partial charge on any atom is -0.497 e. The van der Waals surface area contributed by atoms with Crippen molar-refractivity contribution in [3.8, 4) is 17.0 Å². The molecule has 2 aromatic carbocycles. The smallest absolute Gasteiger partial charge is 0.271 e. The van der Waals surface area contributed by atoms with Crippen molar-refractivity contribution in [2.75, 3.05) is 20.2 Å². The molecule has 1 aliphatic rings. The number of amides is 3. The number of aromatic nitrogens is 5. The molecule has 0 fully saturated rings. The first kappa shape index (κ1) is 31.4. The van der Waals surface area contributed by atoms with Gasteiger partial charge in [-0.3, -0.25) is 19.5 Å². The highest BCUT2D eigenvalue weighted by Gasteiger charge is 2.30. The first-order valence-corrected chi connectivity index (χ1v) is 15.3. The summed E-state index contributed by atoms with van der Waals surface area (Å²) in [4.78, 5) is 47.0. The molecule has 5 rings (SSSR count). The summed E-state index contributed by atoms with van der Waals surface area (Å²) in [6.45, 7) is 6.81. The van der Waals surface area contributed by atoms with E-state index in [2.05, 4.69) is 30.9 Å². The van der Waals surface area contributed by atoms with Gasteiger partial charge in [0.05, 0.1) is 25.4 Å². The molecule has 3 N–H and O–H groups in total. The van der Waals surface area contributed by atoms with Crippen LogP contribution in [0.5, 0.6) is 5.75 Å². The average Bonchev–Trinajstić information content (AvgIpc) is 3.67. The minimum atomic E-state index is -0.778. The van der Waals surface area contributed by atoms with E-state index >= 15 is 0 Å². The van der Waals surface area contributed by atoms with Crippen LogP contribution in [0.4, 0.5) is 0 Å². The lowest BCUT2D eigenvalue weighted by atomic mass is 10.0. The van der Waals surface area contributed by atoms with Crippen molar-refractivity contribution in [1.29, 1.82) is 0 Å². The number of fused-ring (bicyclic) bond motifs is 1. The number of nitrogens with zero attached hydrogens (tertiary/aromatic N) is 5. The molecule has 4 aromatic rings. The highest BCUT2D eigenvalue weighted by molar-refractivity contribution is 5.93. The standard InChI is InChI=1S/C33H40N8O4/c1-21(2)30-31-34-22(3)39-41(31)17-16-40(33(44)28-20-26(37-38-28)24-12-8-13-25(19-24)45-4)15-9-14-29(42)35-27(32(43)36-30)18-23-10-6-5-7-11-23/h5-8,10-13,19-21,27,30H,9,14-18H2,1-4H3,(H,35,42)(H,36,43)(H,37,38)/t27-,30+/m0/s1. The molecule has 0 saturated heterocycles. The molecule has 3 amide bonds. The monoisotopic (exact) mass is 612 g/mol. The highest BCUT2D eigenvalue weighted by atomic mass is 16.5. The molecule has 0 unspecified atom stereocenters. The summed E-state index contributed by atoms with van der Waals surface area (Å²) in [7, 11) is 1.60. The number of carbonyl (C=O) groups is 3. The Morgan fingerprint density at radius 1 is 1.02 bits per heavy atom. The van der Waals surface area contributed by atoms with Crippen LogP contribution >= 0.6 is 0 Å².